The second kappa shape index (κ2) is 9.05. The predicted molar refractivity (Wildman–Crippen MR) is 104 cm³/mol. The number of hydrogen-bond acceptors (Lipinski definition) is 3. The van der Waals surface area contributed by atoms with Crippen molar-refractivity contribution in [1.29, 1.82) is 0 Å². The van der Waals surface area contributed by atoms with E-state index in [4.69, 9.17) is 11.6 Å². The fraction of sp³-hybridized carbons (Fsp3) is 0.190. The molecule has 1 aromatic carbocycles. The Balaban J connectivity index is 1.61. The number of nitrogens with zero attached hydrogens (tertiary/aromatic N) is 2. The first kappa shape index (κ1) is 20.8. The Hall–Kier alpha value is -2.93. The number of carbonyl (C=O) groups excluding carboxylic acids is 1. The highest BCUT2D eigenvalue weighted by atomic mass is 35.5. The molecule has 2 aromatic heterocycles. The minimum absolute atomic E-state index is 0.0570. The molecule has 0 bridgehead atoms. The van der Waals surface area contributed by atoms with E-state index in [0.717, 1.165) is 17.2 Å². The first-order chi connectivity index (χ1) is 13.8. The summed E-state index contributed by atoms with van der Waals surface area (Å²) in [6, 6.07) is 11.0. The number of carbonyl (C=O) groups is 1. The average molecular weight is 420 g/mol. The molecule has 3 rings (SSSR count). The Bertz CT molecular complexity index is 994. The van der Waals surface area contributed by atoms with Crippen LogP contribution in [0.5, 0.6) is 0 Å². The molecule has 29 heavy (non-hydrogen) atoms. The van der Waals surface area contributed by atoms with Crippen LogP contribution < -0.4 is 5.32 Å². The third-order valence-electron chi connectivity index (χ3n) is 4.28. The monoisotopic (exact) mass is 419 g/mol. The summed E-state index contributed by atoms with van der Waals surface area (Å²) in [4.78, 5) is 20.6. The van der Waals surface area contributed by atoms with Crippen LogP contribution in [0.1, 0.15) is 23.1 Å². The van der Waals surface area contributed by atoms with Crippen molar-refractivity contribution in [3.63, 3.8) is 0 Å². The Morgan fingerprint density at radius 2 is 1.90 bits per heavy atom. The number of rotatable bonds is 6. The van der Waals surface area contributed by atoms with Crippen molar-refractivity contribution in [3.8, 4) is 11.3 Å². The van der Waals surface area contributed by atoms with Crippen molar-refractivity contribution >= 4 is 17.5 Å². The molecule has 0 aliphatic heterocycles. The lowest BCUT2D eigenvalue weighted by atomic mass is 10.1. The van der Waals surface area contributed by atoms with E-state index in [2.05, 4.69) is 15.3 Å². The van der Waals surface area contributed by atoms with Gasteiger partial charge in [0.15, 0.2) is 0 Å². The lowest BCUT2D eigenvalue weighted by molar-refractivity contribution is -0.137. The summed E-state index contributed by atoms with van der Waals surface area (Å²) in [5, 5.41) is 2.43. The van der Waals surface area contributed by atoms with E-state index in [9.17, 15) is 18.0 Å². The summed E-state index contributed by atoms with van der Waals surface area (Å²) in [5.74, 6) is -0.269. The van der Waals surface area contributed by atoms with Gasteiger partial charge in [0.1, 0.15) is 0 Å². The molecule has 0 atom stereocenters. The Morgan fingerprint density at radius 1 is 1.10 bits per heavy atom. The number of benzene rings is 1. The summed E-state index contributed by atoms with van der Waals surface area (Å²) in [5.41, 5.74) is 1.87. The molecule has 0 spiro atoms. The molecular weight excluding hydrogens is 403 g/mol. The van der Waals surface area contributed by atoms with Crippen molar-refractivity contribution in [2.75, 3.05) is 0 Å². The van der Waals surface area contributed by atoms with Crippen LogP contribution in [0.15, 0.2) is 61.1 Å². The third kappa shape index (κ3) is 5.54. The molecule has 0 fully saturated rings. The Morgan fingerprint density at radius 3 is 2.62 bits per heavy atom. The zero-order chi connectivity index (χ0) is 20.9. The number of amides is 1. The predicted octanol–water partition coefficient (Wildman–Crippen LogP) is 5.06. The molecule has 4 nitrogen and oxygen atoms in total. The van der Waals surface area contributed by atoms with E-state index in [0.29, 0.717) is 11.3 Å². The van der Waals surface area contributed by atoms with Gasteiger partial charge in [-0.05, 0) is 47.9 Å². The van der Waals surface area contributed by atoms with Crippen molar-refractivity contribution in [2.24, 2.45) is 0 Å². The van der Waals surface area contributed by atoms with Gasteiger partial charge >= 0.3 is 6.18 Å². The van der Waals surface area contributed by atoms with Gasteiger partial charge in [-0.3, -0.25) is 14.8 Å². The number of pyridine rings is 2. The molecule has 8 heteroatoms. The van der Waals surface area contributed by atoms with E-state index in [1.165, 1.54) is 12.1 Å². The number of aryl methyl sites for hydroxylation is 1. The van der Waals surface area contributed by atoms with Gasteiger partial charge in [0.2, 0.25) is 5.91 Å². The topological polar surface area (TPSA) is 54.9 Å². The zero-order valence-corrected chi connectivity index (χ0v) is 16.0. The van der Waals surface area contributed by atoms with Crippen LogP contribution in [0.2, 0.25) is 5.02 Å². The van der Waals surface area contributed by atoms with Crippen LogP contribution in [0.25, 0.3) is 11.3 Å². The second-order valence-electron chi connectivity index (χ2n) is 6.34. The zero-order valence-electron chi connectivity index (χ0n) is 15.2. The fourth-order valence-corrected chi connectivity index (χ4v) is 3.05. The summed E-state index contributed by atoms with van der Waals surface area (Å²) < 4.78 is 38.8. The van der Waals surface area contributed by atoms with E-state index in [-0.39, 0.29) is 30.3 Å². The average Bonchev–Trinajstić information content (AvgIpc) is 2.71. The third-order valence-corrected chi connectivity index (χ3v) is 4.61. The van der Waals surface area contributed by atoms with Crippen LogP contribution >= 0.6 is 11.6 Å². The van der Waals surface area contributed by atoms with Crippen LogP contribution in [0, 0.1) is 0 Å². The van der Waals surface area contributed by atoms with E-state index < -0.39 is 11.7 Å². The Kier molecular flexibility index (Phi) is 6.49. The molecule has 150 valence electrons. The summed E-state index contributed by atoms with van der Waals surface area (Å²) >= 11 is 5.62. The lowest BCUT2D eigenvalue weighted by Gasteiger charge is -2.12. The molecule has 0 radical (unpaired) electrons. The first-order valence-corrected chi connectivity index (χ1v) is 9.19. The van der Waals surface area contributed by atoms with Gasteiger partial charge in [-0.25, -0.2) is 0 Å². The van der Waals surface area contributed by atoms with E-state index in [1.807, 2.05) is 12.1 Å². The summed E-state index contributed by atoms with van der Waals surface area (Å²) in [6.45, 7) is 0.255. The minimum Gasteiger partial charge on any atom is -0.352 e. The minimum atomic E-state index is -4.53. The van der Waals surface area contributed by atoms with E-state index in [1.54, 1.807) is 30.7 Å². The lowest BCUT2D eigenvalue weighted by Crippen LogP contribution is -2.23. The maximum absolute atomic E-state index is 12.9. The summed E-state index contributed by atoms with van der Waals surface area (Å²) in [7, 11) is 0. The highest BCUT2D eigenvalue weighted by Crippen LogP contribution is 2.35. The molecule has 1 N–H and O–H groups in total. The van der Waals surface area contributed by atoms with Crippen LogP contribution in [-0.4, -0.2) is 15.9 Å². The maximum atomic E-state index is 12.9. The largest absolute Gasteiger partial charge is 0.417 e. The molecule has 0 saturated carbocycles. The first-order valence-electron chi connectivity index (χ1n) is 8.81. The van der Waals surface area contributed by atoms with Crippen molar-refractivity contribution in [1.82, 2.24) is 15.3 Å². The smallest absolute Gasteiger partial charge is 0.352 e. The molecule has 0 saturated heterocycles. The molecule has 0 unspecified atom stereocenters. The van der Waals surface area contributed by atoms with Crippen molar-refractivity contribution in [2.45, 2.75) is 25.6 Å². The molecular formula is C21H17ClF3N3O. The fourth-order valence-electron chi connectivity index (χ4n) is 2.83. The van der Waals surface area contributed by atoms with Crippen LogP contribution in [0.4, 0.5) is 13.2 Å². The standard InChI is InChI=1S/C21H17ClF3N3O/c22-18-7-5-14(11-17(18)21(23,24)25)6-8-19(29)28-13-16-4-2-10-27-20(16)15-3-1-9-26-12-15/h1-5,7,9-12H,6,8,13H2,(H,28,29). The number of aromatic nitrogens is 2. The van der Waals surface area contributed by atoms with Gasteiger partial charge in [-0.15, -0.1) is 0 Å². The van der Waals surface area contributed by atoms with Crippen molar-refractivity contribution in [3.05, 3.63) is 82.8 Å². The van der Waals surface area contributed by atoms with Crippen molar-refractivity contribution < 1.29 is 18.0 Å². The van der Waals surface area contributed by atoms with E-state index >= 15 is 0 Å². The molecule has 1 amide bonds. The summed E-state index contributed by atoms with van der Waals surface area (Å²) in [6.07, 6.45) is 0.710. The number of hydrogen-bond donors (Lipinski definition) is 1. The highest BCUT2D eigenvalue weighted by Gasteiger charge is 2.33. The number of alkyl halides is 3. The maximum Gasteiger partial charge on any atom is 0.417 e. The quantitative estimate of drug-likeness (QED) is 0.607. The molecule has 0 aliphatic carbocycles. The SMILES string of the molecule is O=C(CCc1ccc(Cl)c(C(F)(F)F)c1)NCc1cccnc1-c1cccnc1. The van der Waals surface area contributed by atoms with Crippen LogP contribution in [0.3, 0.4) is 0 Å². The highest BCUT2D eigenvalue weighted by molar-refractivity contribution is 6.31. The molecule has 0 aliphatic rings. The normalized spacial score (nSPS) is 11.3. The van der Waals surface area contributed by atoms with Gasteiger partial charge in [0.05, 0.1) is 16.3 Å². The van der Waals surface area contributed by atoms with Gasteiger partial charge in [0, 0.05) is 37.1 Å². The second-order valence-corrected chi connectivity index (χ2v) is 6.75. The molecule has 3 aromatic rings. The van der Waals surface area contributed by atoms with Gasteiger partial charge in [-0.1, -0.05) is 23.7 Å². The Labute approximate surface area is 170 Å². The van der Waals surface area contributed by atoms with Gasteiger partial charge in [0.25, 0.3) is 0 Å². The van der Waals surface area contributed by atoms with Crippen LogP contribution in [-0.2, 0) is 23.9 Å². The number of nitrogens with one attached hydrogen (secondary N) is 1. The van der Waals surface area contributed by atoms with Gasteiger partial charge < -0.3 is 5.32 Å². The number of halogens is 4. The molecule has 2 heterocycles. The van der Waals surface area contributed by atoms with Gasteiger partial charge in [-0.2, -0.15) is 13.2 Å².